The van der Waals surface area contributed by atoms with Crippen molar-refractivity contribution in [3.63, 3.8) is 0 Å². The maximum atomic E-state index is 11.8. The molecule has 2 N–H and O–H groups in total. The summed E-state index contributed by atoms with van der Waals surface area (Å²) in [7, 11) is 0. The van der Waals surface area contributed by atoms with Gasteiger partial charge in [0.25, 0.3) is 5.91 Å². The molecule has 0 aliphatic heterocycles. The van der Waals surface area contributed by atoms with Crippen LogP contribution in [0.3, 0.4) is 0 Å². The molecule has 0 spiro atoms. The summed E-state index contributed by atoms with van der Waals surface area (Å²) in [5.41, 5.74) is 0.890. The van der Waals surface area contributed by atoms with Crippen molar-refractivity contribution in [3.05, 3.63) is 29.4 Å². The highest BCUT2D eigenvalue weighted by Crippen LogP contribution is 2.12. The monoisotopic (exact) mass is 351 g/mol. The molecule has 1 amide bonds. The third kappa shape index (κ3) is 5.87. The number of nitrogens with zero attached hydrogens (tertiary/aromatic N) is 3. The predicted octanol–water partition coefficient (Wildman–Crippen LogP) is 2.63. The highest BCUT2D eigenvalue weighted by molar-refractivity contribution is 7.80. The van der Waals surface area contributed by atoms with Gasteiger partial charge in [-0.25, -0.2) is 4.98 Å². The minimum Gasteiger partial charge on any atom is -0.478 e. The first-order valence-electron chi connectivity index (χ1n) is 7.17. The summed E-state index contributed by atoms with van der Waals surface area (Å²) >= 11 is 6.17. The lowest BCUT2D eigenvalue weighted by molar-refractivity contribution is 0.0973. The van der Waals surface area contributed by atoms with Gasteiger partial charge in [-0.15, -0.1) is 5.10 Å². The van der Waals surface area contributed by atoms with Crippen LogP contribution in [0.1, 0.15) is 36.7 Å². The number of aromatic nitrogens is 3. The number of carbonyl (C=O) groups excluding carboxylic acids is 1. The van der Waals surface area contributed by atoms with Gasteiger partial charge in [0.2, 0.25) is 5.88 Å². The predicted molar refractivity (Wildman–Crippen MR) is 92.9 cm³/mol. The van der Waals surface area contributed by atoms with Crippen molar-refractivity contribution in [1.82, 2.24) is 19.9 Å². The molecule has 9 heteroatoms. The lowest BCUT2D eigenvalue weighted by Gasteiger charge is -2.09. The van der Waals surface area contributed by atoms with E-state index >= 15 is 0 Å². The average Bonchev–Trinajstić information content (AvgIpc) is 3.07. The van der Waals surface area contributed by atoms with E-state index in [9.17, 15) is 4.79 Å². The Morgan fingerprint density at radius 3 is 2.91 bits per heavy atom. The van der Waals surface area contributed by atoms with E-state index in [1.807, 2.05) is 0 Å². The molecule has 0 fully saturated rings. The number of thiocarbonyl (C=S) groups is 1. The molecule has 0 unspecified atom stereocenters. The first-order chi connectivity index (χ1) is 11.2. The van der Waals surface area contributed by atoms with Gasteiger partial charge >= 0.3 is 0 Å². The van der Waals surface area contributed by atoms with E-state index in [-0.39, 0.29) is 10.8 Å². The second-order valence-corrected chi connectivity index (χ2v) is 5.66. The van der Waals surface area contributed by atoms with Gasteiger partial charge in [0, 0.05) is 11.4 Å². The van der Waals surface area contributed by atoms with Gasteiger partial charge in [-0.2, -0.15) is 0 Å². The van der Waals surface area contributed by atoms with Crippen molar-refractivity contribution < 1.29 is 9.53 Å². The molecule has 0 saturated carbocycles. The fourth-order valence-corrected chi connectivity index (χ4v) is 2.31. The quantitative estimate of drug-likeness (QED) is 0.585. The van der Waals surface area contributed by atoms with Crippen LogP contribution in [0.25, 0.3) is 0 Å². The van der Waals surface area contributed by atoms with Crippen molar-refractivity contribution in [2.75, 3.05) is 11.9 Å². The zero-order valence-corrected chi connectivity index (χ0v) is 14.2. The number of anilines is 1. The van der Waals surface area contributed by atoms with E-state index in [0.717, 1.165) is 30.8 Å². The van der Waals surface area contributed by atoms with Gasteiger partial charge in [0.1, 0.15) is 0 Å². The van der Waals surface area contributed by atoms with Gasteiger partial charge in [0.05, 0.1) is 18.5 Å². The van der Waals surface area contributed by atoms with Gasteiger partial charge < -0.3 is 10.1 Å². The molecule has 7 nitrogen and oxygen atoms in total. The largest absolute Gasteiger partial charge is 0.478 e. The lowest BCUT2D eigenvalue weighted by Crippen LogP contribution is -2.34. The second kappa shape index (κ2) is 9.11. The van der Waals surface area contributed by atoms with Crippen LogP contribution in [0.4, 0.5) is 5.69 Å². The Hall–Kier alpha value is -2.13. The third-order valence-corrected chi connectivity index (χ3v) is 3.52. The van der Waals surface area contributed by atoms with Crippen LogP contribution in [0.5, 0.6) is 5.88 Å². The number of carbonyl (C=O) groups is 1. The Morgan fingerprint density at radius 2 is 2.26 bits per heavy atom. The van der Waals surface area contributed by atoms with E-state index in [1.54, 1.807) is 23.7 Å². The lowest BCUT2D eigenvalue weighted by atomic mass is 10.3. The molecule has 0 saturated heterocycles. The van der Waals surface area contributed by atoms with Crippen LogP contribution in [0.15, 0.2) is 23.7 Å². The summed E-state index contributed by atoms with van der Waals surface area (Å²) in [5, 5.41) is 10.8. The first kappa shape index (κ1) is 17.2. The van der Waals surface area contributed by atoms with Gasteiger partial charge in [-0.05, 0) is 36.2 Å². The minimum atomic E-state index is -0.403. The van der Waals surface area contributed by atoms with Crippen molar-refractivity contribution in [3.8, 4) is 5.88 Å². The fraction of sp³-hybridized carbons (Fsp3) is 0.357. The van der Waals surface area contributed by atoms with E-state index in [2.05, 4.69) is 32.1 Å². The molecular weight excluding hydrogens is 334 g/mol. The van der Waals surface area contributed by atoms with E-state index in [0.29, 0.717) is 18.2 Å². The normalized spacial score (nSPS) is 10.1. The van der Waals surface area contributed by atoms with Crippen LogP contribution >= 0.6 is 23.8 Å². The van der Waals surface area contributed by atoms with Crippen molar-refractivity contribution in [1.29, 1.82) is 0 Å². The van der Waals surface area contributed by atoms with Crippen LogP contribution in [-0.2, 0) is 0 Å². The molecule has 2 aromatic rings. The Kier molecular flexibility index (Phi) is 6.82. The highest BCUT2D eigenvalue weighted by atomic mass is 32.1. The van der Waals surface area contributed by atoms with Crippen LogP contribution < -0.4 is 15.4 Å². The molecule has 122 valence electrons. The molecule has 0 aliphatic rings. The number of unbranched alkanes of at least 4 members (excludes halogenated alkanes) is 2. The van der Waals surface area contributed by atoms with E-state index in [1.165, 1.54) is 0 Å². The number of amides is 1. The maximum Gasteiger partial charge on any atom is 0.278 e. The first-order valence-corrected chi connectivity index (χ1v) is 8.41. The minimum absolute atomic E-state index is 0.168. The maximum absolute atomic E-state index is 11.8. The smallest absolute Gasteiger partial charge is 0.278 e. The van der Waals surface area contributed by atoms with Crippen molar-refractivity contribution in [2.45, 2.75) is 26.2 Å². The van der Waals surface area contributed by atoms with Crippen LogP contribution in [0, 0.1) is 0 Å². The van der Waals surface area contributed by atoms with Crippen LogP contribution in [-0.4, -0.2) is 32.2 Å². The van der Waals surface area contributed by atoms with Crippen LogP contribution in [0.2, 0.25) is 0 Å². The third-order valence-electron chi connectivity index (χ3n) is 2.81. The summed E-state index contributed by atoms with van der Waals surface area (Å²) in [6.07, 6.45) is 4.90. The summed E-state index contributed by atoms with van der Waals surface area (Å²) < 4.78 is 9.15. The Balaban J connectivity index is 1.78. The molecule has 2 aromatic heterocycles. The van der Waals surface area contributed by atoms with Crippen molar-refractivity contribution >= 4 is 40.5 Å². The molecule has 0 aliphatic carbocycles. The summed E-state index contributed by atoms with van der Waals surface area (Å²) in [4.78, 5) is 15.9. The Morgan fingerprint density at radius 1 is 1.39 bits per heavy atom. The highest BCUT2D eigenvalue weighted by Gasteiger charge is 2.10. The Labute approximate surface area is 143 Å². The zero-order valence-electron chi connectivity index (χ0n) is 12.6. The topological polar surface area (TPSA) is 89.0 Å². The molecule has 0 bridgehead atoms. The molecule has 2 heterocycles. The number of hydrogen-bond donors (Lipinski definition) is 2. The summed E-state index contributed by atoms with van der Waals surface area (Å²) in [6, 6.07) is 3.54. The Bertz CT molecular complexity index is 631. The zero-order chi connectivity index (χ0) is 16.5. The number of hydrogen-bond acceptors (Lipinski definition) is 7. The number of nitrogens with one attached hydrogen (secondary N) is 2. The fourth-order valence-electron chi connectivity index (χ4n) is 1.66. The molecule has 0 radical (unpaired) electrons. The second-order valence-electron chi connectivity index (χ2n) is 4.64. The van der Waals surface area contributed by atoms with Gasteiger partial charge in [-0.3, -0.25) is 10.1 Å². The van der Waals surface area contributed by atoms with Crippen molar-refractivity contribution in [2.24, 2.45) is 0 Å². The number of ether oxygens (including phenoxy) is 1. The van der Waals surface area contributed by atoms with Gasteiger partial charge in [-0.1, -0.05) is 24.3 Å². The molecule has 23 heavy (non-hydrogen) atoms. The van der Waals surface area contributed by atoms with Gasteiger partial charge in [0.15, 0.2) is 10.8 Å². The van der Waals surface area contributed by atoms with E-state index < -0.39 is 5.91 Å². The standard InChI is InChI=1S/C14H17N5O2S2/c1-2-3-4-7-21-12-6-5-10(8-15-12)16-14(22)17-13(20)11-9-23-19-18-11/h5-6,8-9H,2-4,7H2,1H3,(H2,16,17,20,22). The molecule has 0 aromatic carbocycles. The molecular formula is C14H17N5O2S2. The SMILES string of the molecule is CCCCCOc1ccc(NC(=S)NC(=O)c2csnn2)cn1. The molecule has 2 rings (SSSR count). The summed E-state index contributed by atoms with van der Waals surface area (Å²) in [5.74, 6) is 0.162. The number of rotatable bonds is 7. The molecule has 0 atom stereocenters. The average molecular weight is 351 g/mol. The van der Waals surface area contributed by atoms with E-state index in [4.69, 9.17) is 17.0 Å². The number of pyridine rings is 1. The summed E-state index contributed by atoms with van der Waals surface area (Å²) in [6.45, 7) is 2.80.